The lowest BCUT2D eigenvalue weighted by Gasteiger charge is -2.17. The van der Waals surface area contributed by atoms with Crippen molar-refractivity contribution in [3.05, 3.63) is 29.2 Å². The van der Waals surface area contributed by atoms with Crippen molar-refractivity contribution in [2.75, 3.05) is 6.54 Å². The summed E-state index contributed by atoms with van der Waals surface area (Å²) in [6.07, 6.45) is 8.27. The van der Waals surface area contributed by atoms with Crippen LogP contribution in [0.5, 0.6) is 0 Å². The predicted molar refractivity (Wildman–Crippen MR) is 69.8 cm³/mol. The van der Waals surface area contributed by atoms with E-state index in [0.717, 1.165) is 25.3 Å². The van der Waals surface area contributed by atoms with E-state index in [0.29, 0.717) is 6.04 Å². The zero-order valence-corrected chi connectivity index (χ0v) is 10.5. The van der Waals surface area contributed by atoms with Crippen LogP contribution in [0.25, 0.3) is 0 Å². The van der Waals surface area contributed by atoms with Crippen molar-refractivity contribution in [2.24, 2.45) is 5.92 Å². The second kappa shape index (κ2) is 6.16. The summed E-state index contributed by atoms with van der Waals surface area (Å²) >= 11 is 1.68. The van der Waals surface area contributed by atoms with Gasteiger partial charge in [0.2, 0.25) is 0 Å². The summed E-state index contributed by atoms with van der Waals surface area (Å²) in [7, 11) is 0. The first-order valence-electron chi connectivity index (χ1n) is 6.11. The number of nitrogens with zero attached hydrogens (tertiary/aromatic N) is 1. The van der Waals surface area contributed by atoms with Gasteiger partial charge in [-0.15, -0.1) is 17.9 Å². The molecule has 1 saturated carbocycles. The molecular formula is C13H20N2S. The molecule has 1 N–H and O–H groups in total. The number of allylic oxidation sites excluding steroid dienone is 1. The lowest BCUT2D eigenvalue weighted by atomic mass is 10.1. The van der Waals surface area contributed by atoms with Gasteiger partial charge in [-0.2, -0.15) is 0 Å². The number of rotatable bonds is 8. The Balaban J connectivity index is 1.67. The highest BCUT2D eigenvalue weighted by atomic mass is 32.1. The molecule has 0 saturated heterocycles. The van der Waals surface area contributed by atoms with E-state index in [1.807, 2.05) is 11.6 Å². The van der Waals surface area contributed by atoms with Gasteiger partial charge in [-0.1, -0.05) is 6.08 Å². The fourth-order valence-corrected chi connectivity index (χ4v) is 2.64. The van der Waals surface area contributed by atoms with E-state index in [9.17, 15) is 0 Å². The van der Waals surface area contributed by atoms with Crippen LogP contribution in [-0.4, -0.2) is 17.6 Å². The molecule has 16 heavy (non-hydrogen) atoms. The highest BCUT2D eigenvalue weighted by molar-refractivity contribution is 7.07. The molecule has 1 heterocycles. The van der Waals surface area contributed by atoms with Crippen molar-refractivity contribution < 1.29 is 0 Å². The summed E-state index contributed by atoms with van der Waals surface area (Å²) in [5, 5.41) is 5.81. The Bertz CT molecular complexity index is 304. The molecule has 3 heteroatoms. The zero-order valence-electron chi connectivity index (χ0n) is 9.69. The third-order valence-electron chi connectivity index (χ3n) is 3.14. The largest absolute Gasteiger partial charge is 0.313 e. The van der Waals surface area contributed by atoms with Crippen LogP contribution in [0.15, 0.2) is 23.5 Å². The molecule has 1 aliphatic rings. The lowest BCUT2D eigenvalue weighted by molar-refractivity contribution is 0.440. The van der Waals surface area contributed by atoms with Crippen LogP contribution in [0.1, 0.15) is 31.4 Å². The zero-order chi connectivity index (χ0) is 11.2. The van der Waals surface area contributed by atoms with E-state index in [4.69, 9.17) is 0 Å². The summed E-state index contributed by atoms with van der Waals surface area (Å²) in [5.41, 5.74) is 3.13. The Morgan fingerprint density at radius 1 is 1.62 bits per heavy atom. The molecule has 1 aromatic rings. The molecule has 88 valence electrons. The highest BCUT2D eigenvalue weighted by Crippen LogP contribution is 2.34. The van der Waals surface area contributed by atoms with Crippen molar-refractivity contribution in [3.63, 3.8) is 0 Å². The second-order valence-corrected chi connectivity index (χ2v) is 5.21. The maximum Gasteiger partial charge on any atom is 0.0794 e. The van der Waals surface area contributed by atoms with Gasteiger partial charge in [-0.25, -0.2) is 4.98 Å². The molecule has 1 aliphatic carbocycles. The smallest absolute Gasteiger partial charge is 0.0794 e. The van der Waals surface area contributed by atoms with Crippen LogP contribution in [-0.2, 0) is 6.42 Å². The average molecular weight is 236 g/mol. The maximum atomic E-state index is 4.30. The first kappa shape index (κ1) is 11.8. The second-order valence-electron chi connectivity index (χ2n) is 4.49. The summed E-state index contributed by atoms with van der Waals surface area (Å²) in [4.78, 5) is 4.30. The maximum absolute atomic E-state index is 4.30. The van der Waals surface area contributed by atoms with Crippen LogP contribution in [0.4, 0.5) is 0 Å². The van der Waals surface area contributed by atoms with Gasteiger partial charge in [0.1, 0.15) is 0 Å². The highest BCUT2D eigenvalue weighted by Gasteiger charge is 2.29. The third kappa shape index (κ3) is 3.72. The Kier molecular flexibility index (Phi) is 4.55. The molecule has 0 amide bonds. The van der Waals surface area contributed by atoms with Gasteiger partial charge in [-0.05, 0) is 31.6 Å². The predicted octanol–water partition coefficient (Wildman–Crippen LogP) is 3.02. The minimum Gasteiger partial charge on any atom is -0.313 e. The average Bonchev–Trinajstić information content (AvgIpc) is 3.01. The van der Waals surface area contributed by atoms with Crippen LogP contribution < -0.4 is 5.32 Å². The first-order valence-corrected chi connectivity index (χ1v) is 7.06. The SMILES string of the molecule is C=CCCC(NCCc1cscn1)C1CC1. The quantitative estimate of drug-likeness (QED) is 0.702. The monoisotopic (exact) mass is 236 g/mol. The van der Waals surface area contributed by atoms with Gasteiger partial charge in [0.05, 0.1) is 11.2 Å². The molecule has 2 nitrogen and oxygen atoms in total. The number of hydrogen-bond acceptors (Lipinski definition) is 3. The minimum atomic E-state index is 0.705. The van der Waals surface area contributed by atoms with Crippen molar-refractivity contribution in [3.8, 4) is 0 Å². The van der Waals surface area contributed by atoms with Crippen LogP contribution >= 0.6 is 11.3 Å². The Morgan fingerprint density at radius 3 is 3.12 bits per heavy atom. The molecule has 0 radical (unpaired) electrons. The molecule has 0 bridgehead atoms. The Labute approximate surface area is 102 Å². The number of aromatic nitrogens is 1. The van der Waals surface area contributed by atoms with E-state index in [-0.39, 0.29) is 0 Å². The summed E-state index contributed by atoms with van der Waals surface area (Å²) < 4.78 is 0. The molecule has 0 aliphatic heterocycles. The van der Waals surface area contributed by atoms with E-state index >= 15 is 0 Å². The molecule has 0 spiro atoms. The van der Waals surface area contributed by atoms with Crippen molar-refractivity contribution in [1.29, 1.82) is 0 Å². The van der Waals surface area contributed by atoms with E-state index in [1.165, 1.54) is 25.0 Å². The van der Waals surface area contributed by atoms with Gasteiger partial charge in [0.15, 0.2) is 0 Å². The van der Waals surface area contributed by atoms with Gasteiger partial charge in [-0.3, -0.25) is 0 Å². The fourth-order valence-electron chi connectivity index (χ4n) is 2.05. The van der Waals surface area contributed by atoms with E-state index < -0.39 is 0 Å². The molecule has 0 aromatic carbocycles. The molecule has 1 aromatic heterocycles. The third-order valence-corrected chi connectivity index (χ3v) is 3.78. The van der Waals surface area contributed by atoms with Crippen molar-refractivity contribution >= 4 is 11.3 Å². The Hall–Kier alpha value is -0.670. The van der Waals surface area contributed by atoms with Gasteiger partial charge < -0.3 is 5.32 Å². The van der Waals surface area contributed by atoms with Crippen LogP contribution in [0.2, 0.25) is 0 Å². The van der Waals surface area contributed by atoms with Gasteiger partial charge in [0.25, 0.3) is 0 Å². The number of hydrogen-bond donors (Lipinski definition) is 1. The molecule has 1 unspecified atom stereocenters. The minimum absolute atomic E-state index is 0.705. The number of nitrogens with one attached hydrogen (secondary N) is 1. The molecule has 1 fully saturated rings. The summed E-state index contributed by atoms with van der Waals surface area (Å²) in [6, 6.07) is 0.705. The van der Waals surface area contributed by atoms with Crippen LogP contribution in [0.3, 0.4) is 0 Å². The normalized spacial score (nSPS) is 17.2. The van der Waals surface area contributed by atoms with Crippen molar-refractivity contribution in [1.82, 2.24) is 10.3 Å². The van der Waals surface area contributed by atoms with Crippen LogP contribution in [0, 0.1) is 5.92 Å². The Morgan fingerprint density at radius 2 is 2.50 bits per heavy atom. The molecule has 1 atom stereocenters. The van der Waals surface area contributed by atoms with E-state index in [1.54, 1.807) is 11.3 Å². The topological polar surface area (TPSA) is 24.9 Å². The van der Waals surface area contributed by atoms with E-state index in [2.05, 4.69) is 22.3 Å². The summed E-state index contributed by atoms with van der Waals surface area (Å²) in [5.74, 6) is 0.926. The molecule has 2 rings (SSSR count). The van der Waals surface area contributed by atoms with Gasteiger partial charge in [0, 0.05) is 24.4 Å². The summed E-state index contributed by atoms with van der Waals surface area (Å²) in [6.45, 7) is 4.85. The lowest BCUT2D eigenvalue weighted by Crippen LogP contribution is -2.32. The van der Waals surface area contributed by atoms with Crippen molar-refractivity contribution in [2.45, 2.75) is 38.1 Å². The number of thiazole rings is 1. The van der Waals surface area contributed by atoms with Gasteiger partial charge >= 0.3 is 0 Å². The first-order chi connectivity index (χ1) is 7.90. The fraction of sp³-hybridized carbons (Fsp3) is 0.615. The molecular weight excluding hydrogens is 216 g/mol. The standard InChI is InChI=1S/C13H20N2S/c1-2-3-4-13(11-5-6-11)14-8-7-12-9-16-10-15-12/h2,9-11,13-14H,1,3-8H2.